The Balaban J connectivity index is 1.25. The van der Waals surface area contributed by atoms with E-state index in [1.165, 1.54) is 23.6 Å². The third-order valence-electron chi connectivity index (χ3n) is 12.9. The SMILES string of the molecule is CC(=O)N1CCC[C@H]1C(=O)N[C@@H](CO)C(=O)N1CCC[C@H]1C(=O)N[C@@H](Cc1c[nH]c2ccccc12)C(=O)N[C@@H](C)C(=O)N[C@H](C(=O)N[C@@H](CS)C(=O)N[C@@H](CC(=O)O)C(=O)N[C@@H](Cc1ccccc1)C(N)=O)[C@@H](C)O. The summed E-state index contributed by atoms with van der Waals surface area (Å²) >= 11 is 4.12. The Hall–Kier alpha value is -7.58. The van der Waals surface area contributed by atoms with Crippen LogP contribution < -0.4 is 43.0 Å². The monoisotopic (exact) mass is 1060 g/mol. The first-order valence-electron chi connectivity index (χ1n) is 24.3. The van der Waals surface area contributed by atoms with E-state index in [0.717, 1.165) is 17.8 Å². The molecule has 10 amide bonds. The van der Waals surface area contributed by atoms with Crippen LogP contribution >= 0.6 is 12.6 Å². The molecule has 0 saturated carbocycles. The highest BCUT2D eigenvalue weighted by atomic mass is 32.1. The summed E-state index contributed by atoms with van der Waals surface area (Å²) in [6.45, 7) is 3.38. The van der Waals surface area contributed by atoms with Crippen LogP contribution in [0.15, 0.2) is 60.8 Å². The predicted molar refractivity (Wildman–Crippen MR) is 271 cm³/mol. The minimum Gasteiger partial charge on any atom is -0.481 e. The van der Waals surface area contributed by atoms with E-state index in [1.54, 1.807) is 60.8 Å². The van der Waals surface area contributed by atoms with Crippen LogP contribution in [0.25, 0.3) is 10.9 Å². The Morgan fingerprint density at radius 1 is 0.680 bits per heavy atom. The summed E-state index contributed by atoms with van der Waals surface area (Å²) in [4.78, 5) is 151. The second kappa shape index (κ2) is 27.1. The number of carboxylic acids is 1. The number of carboxylic acid groups (broad SMARTS) is 1. The number of para-hydroxylation sites is 1. The molecule has 10 atom stereocenters. The summed E-state index contributed by atoms with van der Waals surface area (Å²) in [6.07, 6.45) is 0.362. The van der Waals surface area contributed by atoms with Crippen molar-refractivity contribution in [2.75, 3.05) is 25.4 Å². The molecule has 0 spiro atoms. The number of amides is 10. The normalized spacial score (nSPS) is 18.4. The second-order valence-electron chi connectivity index (χ2n) is 18.4. The van der Waals surface area contributed by atoms with E-state index in [1.807, 2.05) is 0 Å². The number of rotatable bonds is 25. The molecule has 2 saturated heterocycles. The molecule has 1 aromatic heterocycles. The number of nitrogens with two attached hydrogens (primary N) is 1. The van der Waals surface area contributed by atoms with Crippen molar-refractivity contribution in [3.63, 3.8) is 0 Å². The molecule has 3 heterocycles. The van der Waals surface area contributed by atoms with E-state index in [-0.39, 0.29) is 31.7 Å². The number of hydrogen-bond acceptors (Lipinski definition) is 14. The van der Waals surface area contributed by atoms with Gasteiger partial charge in [-0.05, 0) is 56.7 Å². The van der Waals surface area contributed by atoms with Gasteiger partial charge in [-0.2, -0.15) is 12.6 Å². The maximum absolute atomic E-state index is 14.2. The molecule has 0 aliphatic carbocycles. The van der Waals surface area contributed by atoms with Gasteiger partial charge in [-0.1, -0.05) is 48.5 Å². The molecule has 2 aromatic carbocycles. The summed E-state index contributed by atoms with van der Waals surface area (Å²) in [7, 11) is 0. The number of thiol groups is 1. The average molecular weight is 1060 g/mol. The summed E-state index contributed by atoms with van der Waals surface area (Å²) in [5.41, 5.74) is 7.44. The van der Waals surface area contributed by atoms with Gasteiger partial charge in [0.1, 0.15) is 54.4 Å². The number of nitrogens with one attached hydrogen (secondary N) is 8. The smallest absolute Gasteiger partial charge is 0.305 e. The fourth-order valence-corrected chi connectivity index (χ4v) is 9.15. The molecular formula is C49H65N11O14S. The Morgan fingerprint density at radius 2 is 1.24 bits per heavy atom. The molecule has 406 valence electrons. The van der Waals surface area contributed by atoms with Crippen molar-refractivity contribution in [1.82, 2.24) is 52.0 Å². The zero-order valence-electron chi connectivity index (χ0n) is 41.6. The van der Waals surface area contributed by atoms with Gasteiger partial charge >= 0.3 is 5.97 Å². The number of aliphatic carboxylic acids is 1. The van der Waals surface area contributed by atoms with E-state index in [9.17, 15) is 68.1 Å². The van der Waals surface area contributed by atoms with Crippen LogP contribution in [0.2, 0.25) is 0 Å². The average Bonchev–Trinajstić information content (AvgIpc) is 4.17. The van der Waals surface area contributed by atoms with Crippen molar-refractivity contribution in [2.24, 2.45) is 5.73 Å². The number of aliphatic hydroxyl groups excluding tert-OH is 2. The number of carbonyl (C=O) groups excluding carboxylic acids is 10. The lowest BCUT2D eigenvalue weighted by atomic mass is 10.0. The largest absolute Gasteiger partial charge is 0.481 e. The second-order valence-corrected chi connectivity index (χ2v) is 18.8. The fourth-order valence-electron chi connectivity index (χ4n) is 8.89. The first kappa shape index (κ1) is 58.3. The minimum atomic E-state index is -1.77. The maximum Gasteiger partial charge on any atom is 0.305 e. The van der Waals surface area contributed by atoms with E-state index in [2.05, 4.69) is 54.8 Å². The standard InChI is InChI=1S/C49H65N11O14S/c1-25(42(67)58-40(26(2)62)48(73)57-36(24-75)45(70)54-34(21-39(64)65)44(69)53-32(41(50)66)19-28-11-5-4-6-12-28)52-43(68)33(20-29-22-51-31-14-8-7-13-30(29)31)55-47(72)38-16-10-18-60(38)49(74)35(23-61)56-46(71)37-15-9-17-59(37)27(3)63/h4-8,11-14,22,25-26,32-38,40,51,61-62,75H,9-10,15-21,23-24H2,1-3H3,(H2,50,66)(H,52,68)(H,53,69)(H,54,70)(H,55,72)(H,56,71)(H,57,73)(H,58,67)(H,64,65)/t25-,26+,32-,33-,34-,35-,36-,37-,38-,40-/m0/s1. The van der Waals surface area contributed by atoms with Crippen LogP contribution in [0.5, 0.6) is 0 Å². The van der Waals surface area contributed by atoms with Gasteiger partial charge in [-0.25, -0.2) is 0 Å². The molecule has 2 fully saturated rings. The molecule has 2 aliphatic rings. The van der Waals surface area contributed by atoms with Crippen LogP contribution in [0, 0.1) is 0 Å². The Labute approximate surface area is 436 Å². The summed E-state index contributed by atoms with van der Waals surface area (Å²) in [5, 5.41) is 48.1. The summed E-state index contributed by atoms with van der Waals surface area (Å²) in [6, 6.07) is 2.95. The molecular weight excluding hydrogens is 999 g/mol. The summed E-state index contributed by atoms with van der Waals surface area (Å²) in [5.74, 6) is -10.5. The maximum atomic E-state index is 14.2. The van der Waals surface area contributed by atoms with Gasteiger partial charge in [0.2, 0.25) is 59.1 Å². The molecule has 25 nitrogen and oxygen atoms in total. The molecule has 5 rings (SSSR count). The van der Waals surface area contributed by atoms with Crippen molar-refractivity contribution in [2.45, 2.75) is 126 Å². The molecule has 0 unspecified atom stereocenters. The number of primary amides is 1. The lowest BCUT2D eigenvalue weighted by Gasteiger charge is -2.30. The summed E-state index contributed by atoms with van der Waals surface area (Å²) < 4.78 is 0. The van der Waals surface area contributed by atoms with Gasteiger partial charge in [0.15, 0.2) is 0 Å². The highest BCUT2D eigenvalue weighted by molar-refractivity contribution is 7.80. The molecule has 2 aliphatic heterocycles. The lowest BCUT2D eigenvalue weighted by Crippen LogP contribution is -2.62. The van der Waals surface area contributed by atoms with Gasteiger partial charge in [0.05, 0.1) is 19.1 Å². The number of benzene rings is 2. The topological polar surface area (TPSA) is 381 Å². The number of hydrogen-bond donors (Lipinski definition) is 13. The number of H-pyrrole nitrogens is 1. The van der Waals surface area contributed by atoms with E-state index < -0.39 is 138 Å². The van der Waals surface area contributed by atoms with Crippen molar-refractivity contribution in [1.29, 1.82) is 0 Å². The van der Waals surface area contributed by atoms with Crippen LogP contribution in [-0.4, -0.2) is 181 Å². The number of aliphatic hydroxyl groups is 2. The van der Waals surface area contributed by atoms with E-state index >= 15 is 0 Å². The third kappa shape index (κ3) is 15.7. The highest BCUT2D eigenvalue weighted by Crippen LogP contribution is 2.23. The number of aromatic nitrogens is 1. The lowest BCUT2D eigenvalue weighted by molar-refractivity contribution is -0.144. The molecule has 13 N–H and O–H groups in total. The fraction of sp³-hybridized carbons (Fsp3) is 0.490. The number of fused-ring (bicyclic) bond motifs is 1. The predicted octanol–water partition coefficient (Wildman–Crippen LogP) is -3.37. The molecule has 0 bridgehead atoms. The van der Waals surface area contributed by atoms with Crippen molar-refractivity contribution in [3.05, 3.63) is 71.9 Å². The van der Waals surface area contributed by atoms with Crippen LogP contribution in [0.3, 0.4) is 0 Å². The number of nitrogens with zero attached hydrogens (tertiary/aromatic N) is 2. The molecule has 26 heteroatoms. The Morgan fingerprint density at radius 3 is 1.84 bits per heavy atom. The van der Waals surface area contributed by atoms with E-state index in [0.29, 0.717) is 36.9 Å². The molecule has 0 radical (unpaired) electrons. The number of carbonyl (C=O) groups is 11. The van der Waals surface area contributed by atoms with Crippen LogP contribution in [-0.2, 0) is 65.6 Å². The molecule has 75 heavy (non-hydrogen) atoms. The number of likely N-dealkylation sites (tertiary alicyclic amines) is 2. The van der Waals surface area contributed by atoms with Gasteiger partial charge in [-0.15, -0.1) is 0 Å². The van der Waals surface area contributed by atoms with Gasteiger partial charge < -0.3 is 73.1 Å². The quantitative estimate of drug-likeness (QED) is 0.0369. The van der Waals surface area contributed by atoms with Gasteiger partial charge in [-0.3, -0.25) is 52.7 Å². The third-order valence-corrected chi connectivity index (χ3v) is 13.3. The Bertz CT molecular complexity index is 2600. The van der Waals surface area contributed by atoms with Crippen molar-refractivity contribution < 1.29 is 68.1 Å². The van der Waals surface area contributed by atoms with E-state index in [4.69, 9.17) is 5.73 Å². The van der Waals surface area contributed by atoms with Crippen molar-refractivity contribution >= 4 is 88.6 Å². The molecule has 3 aromatic rings. The Kier molecular flexibility index (Phi) is 21.1. The number of aromatic amines is 1. The first-order chi connectivity index (χ1) is 35.6. The zero-order chi connectivity index (χ0) is 55.1. The van der Waals surface area contributed by atoms with Gasteiger partial charge in [0, 0.05) is 55.7 Å². The minimum absolute atomic E-state index is 0.0483. The van der Waals surface area contributed by atoms with Crippen LogP contribution in [0.1, 0.15) is 64.0 Å². The highest BCUT2D eigenvalue weighted by Gasteiger charge is 2.41. The van der Waals surface area contributed by atoms with Gasteiger partial charge in [0.25, 0.3) is 0 Å². The van der Waals surface area contributed by atoms with Crippen LogP contribution in [0.4, 0.5) is 0 Å². The zero-order valence-corrected chi connectivity index (χ0v) is 42.5. The first-order valence-corrected chi connectivity index (χ1v) is 25.0. The van der Waals surface area contributed by atoms with Crippen molar-refractivity contribution in [3.8, 4) is 0 Å².